The highest BCUT2D eigenvalue weighted by atomic mass is 32.1. The summed E-state index contributed by atoms with van der Waals surface area (Å²) in [7, 11) is 1.75. The molecule has 0 aromatic heterocycles. The van der Waals surface area contributed by atoms with Gasteiger partial charge in [-0.1, -0.05) is 60.7 Å². The van der Waals surface area contributed by atoms with Gasteiger partial charge in [0, 0.05) is 12.6 Å². The SMILES string of the molecule is CNC(=S)N/N=C/c1c(OCc2ccccc2)ccc2ccccc12. The minimum Gasteiger partial charge on any atom is -0.488 e. The maximum atomic E-state index is 6.05. The maximum absolute atomic E-state index is 6.05. The van der Waals surface area contributed by atoms with Crippen LogP contribution >= 0.6 is 12.2 Å². The average molecular weight is 349 g/mol. The van der Waals surface area contributed by atoms with Crippen LogP contribution in [0.1, 0.15) is 11.1 Å². The molecule has 25 heavy (non-hydrogen) atoms. The highest BCUT2D eigenvalue weighted by molar-refractivity contribution is 7.80. The summed E-state index contributed by atoms with van der Waals surface area (Å²) >= 11 is 5.05. The number of nitrogens with zero attached hydrogens (tertiary/aromatic N) is 1. The van der Waals surface area contributed by atoms with Gasteiger partial charge >= 0.3 is 0 Å². The van der Waals surface area contributed by atoms with Gasteiger partial charge in [-0.2, -0.15) is 5.10 Å². The van der Waals surface area contributed by atoms with E-state index in [1.807, 2.05) is 48.5 Å². The van der Waals surface area contributed by atoms with Crippen LogP contribution in [-0.2, 0) is 6.61 Å². The van der Waals surface area contributed by atoms with E-state index in [4.69, 9.17) is 17.0 Å². The number of fused-ring (bicyclic) bond motifs is 1. The van der Waals surface area contributed by atoms with E-state index in [9.17, 15) is 0 Å². The second-order valence-electron chi connectivity index (χ2n) is 5.42. The van der Waals surface area contributed by atoms with E-state index in [0.717, 1.165) is 27.6 Å². The number of hydrogen-bond acceptors (Lipinski definition) is 3. The summed E-state index contributed by atoms with van der Waals surface area (Å²) in [5.74, 6) is 0.781. The second-order valence-corrected chi connectivity index (χ2v) is 5.83. The van der Waals surface area contributed by atoms with Crippen molar-refractivity contribution in [2.45, 2.75) is 6.61 Å². The van der Waals surface area contributed by atoms with Crippen molar-refractivity contribution in [3.8, 4) is 5.75 Å². The fourth-order valence-corrected chi connectivity index (χ4v) is 2.53. The van der Waals surface area contributed by atoms with Crippen molar-refractivity contribution in [2.24, 2.45) is 5.10 Å². The van der Waals surface area contributed by atoms with Gasteiger partial charge in [-0.25, -0.2) is 0 Å². The van der Waals surface area contributed by atoms with Crippen LogP contribution in [0.5, 0.6) is 5.75 Å². The molecule has 2 N–H and O–H groups in total. The number of ether oxygens (including phenoxy) is 1. The van der Waals surface area contributed by atoms with Crippen LogP contribution in [0.3, 0.4) is 0 Å². The number of nitrogens with one attached hydrogen (secondary N) is 2. The molecule has 0 saturated heterocycles. The van der Waals surface area contributed by atoms with Crippen LogP contribution in [0.4, 0.5) is 0 Å². The summed E-state index contributed by atoms with van der Waals surface area (Å²) in [6.45, 7) is 0.502. The van der Waals surface area contributed by atoms with Crippen LogP contribution in [0.25, 0.3) is 10.8 Å². The lowest BCUT2D eigenvalue weighted by Crippen LogP contribution is -2.28. The number of benzene rings is 3. The molecule has 0 unspecified atom stereocenters. The van der Waals surface area contributed by atoms with E-state index >= 15 is 0 Å². The third kappa shape index (κ3) is 4.33. The molecule has 0 heterocycles. The fourth-order valence-electron chi connectivity index (χ4n) is 2.48. The molecule has 0 aliphatic carbocycles. The predicted molar refractivity (Wildman–Crippen MR) is 107 cm³/mol. The molecular weight excluding hydrogens is 330 g/mol. The van der Waals surface area contributed by atoms with Crippen LogP contribution < -0.4 is 15.5 Å². The lowest BCUT2D eigenvalue weighted by molar-refractivity contribution is 0.306. The van der Waals surface area contributed by atoms with E-state index < -0.39 is 0 Å². The molecule has 0 fully saturated rings. The van der Waals surface area contributed by atoms with E-state index in [0.29, 0.717) is 11.7 Å². The van der Waals surface area contributed by atoms with Gasteiger partial charge in [-0.15, -0.1) is 0 Å². The first-order chi connectivity index (χ1) is 12.3. The average Bonchev–Trinajstić information content (AvgIpc) is 2.67. The number of hydrazone groups is 1. The summed E-state index contributed by atoms with van der Waals surface area (Å²) in [6, 6.07) is 22.3. The first kappa shape index (κ1) is 16.9. The smallest absolute Gasteiger partial charge is 0.186 e. The Bertz CT molecular complexity index is 894. The minimum absolute atomic E-state index is 0.461. The Morgan fingerprint density at radius 2 is 1.80 bits per heavy atom. The molecule has 0 saturated carbocycles. The molecule has 0 aliphatic rings. The van der Waals surface area contributed by atoms with Gasteiger partial charge in [-0.3, -0.25) is 5.43 Å². The summed E-state index contributed by atoms with van der Waals surface area (Å²) in [6.07, 6.45) is 1.74. The van der Waals surface area contributed by atoms with Crippen LogP contribution in [0, 0.1) is 0 Å². The zero-order valence-electron chi connectivity index (χ0n) is 13.9. The quantitative estimate of drug-likeness (QED) is 0.417. The first-order valence-corrected chi connectivity index (χ1v) is 8.38. The van der Waals surface area contributed by atoms with Gasteiger partial charge in [0.25, 0.3) is 0 Å². The molecule has 0 aliphatic heterocycles. The van der Waals surface area contributed by atoms with Crippen LogP contribution in [-0.4, -0.2) is 18.4 Å². The van der Waals surface area contributed by atoms with Crippen molar-refractivity contribution in [3.05, 3.63) is 77.9 Å². The summed E-state index contributed by atoms with van der Waals surface area (Å²) < 4.78 is 6.05. The van der Waals surface area contributed by atoms with Crippen molar-refractivity contribution in [3.63, 3.8) is 0 Å². The molecule has 3 rings (SSSR count). The molecule has 5 heteroatoms. The van der Waals surface area contributed by atoms with Crippen molar-refractivity contribution in [1.82, 2.24) is 10.7 Å². The fraction of sp³-hybridized carbons (Fsp3) is 0.100. The predicted octanol–water partition coefficient (Wildman–Crippen LogP) is 3.85. The normalized spacial score (nSPS) is 10.8. The topological polar surface area (TPSA) is 45.7 Å². The molecule has 0 atom stereocenters. The zero-order chi connectivity index (χ0) is 17.5. The van der Waals surface area contributed by atoms with Gasteiger partial charge in [0.2, 0.25) is 0 Å². The molecule has 3 aromatic carbocycles. The van der Waals surface area contributed by atoms with Gasteiger partial charge in [0.1, 0.15) is 12.4 Å². The van der Waals surface area contributed by atoms with Crippen molar-refractivity contribution < 1.29 is 4.74 Å². The number of thiocarbonyl (C=S) groups is 1. The standard InChI is InChI=1S/C20H19N3OS/c1-21-20(25)23-22-13-18-17-10-6-5-9-16(17)11-12-19(18)24-14-15-7-3-2-4-8-15/h2-13H,14H2,1H3,(H2,21,23,25)/b22-13+. The highest BCUT2D eigenvalue weighted by Crippen LogP contribution is 2.27. The van der Waals surface area contributed by atoms with Crippen molar-refractivity contribution >= 4 is 34.3 Å². The molecule has 3 aromatic rings. The van der Waals surface area contributed by atoms with Gasteiger partial charge in [0.15, 0.2) is 5.11 Å². The maximum Gasteiger partial charge on any atom is 0.186 e. The van der Waals surface area contributed by atoms with Crippen LogP contribution in [0.2, 0.25) is 0 Å². The largest absolute Gasteiger partial charge is 0.488 e. The Labute approximate surface area is 152 Å². The van der Waals surface area contributed by atoms with Crippen molar-refractivity contribution in [1.29, 1.82) is 0 Å². The number of rotatable bonds is 5. The molecule has 126 valence electrons. The lowest BCUT2D eigenvalue weighted by Gasteiger charge is -2.12. The Kier molecular flexibility index (Phi) is 5.59. The van der Waals surface area contributed by atoms with E-state index in [1.54, 1.807) is 13.3 Å². The molecule has 0 bridgehead atoms. The lowest BCUT2D eigenvalue weighted by atomic mass is 10.0. The molecular formula is C20H19N3OS. The van der Waals surface area contributed by atoms with Gasteiger partial charge in [-0.05, 0) is 34.6 Å². The summed E-state index contributed by atoms with van der Waals surface area (Å²) in [5, 5.41) is 9.72. The van der Waals surface area contributed by atoms with E-state index in [2.05, 4.69) is 34.0 Å². The molecule has 0 spiro atoms. The van der Waals surface area contributed by atoms with Gasteiger partial charge < -0.3 is 10.1 Å². The Hall–Kier alpha value is -2.92. The number of hydrogen-bond donors (Lipinski definition) is 2. The highest BCUT2D eigenvalue weighted by Gasteiger charge is 2.07. The van der Waals surface area contributed by atoms with E-state index in [-0.39, 0.29) is 0 Å². The first-order valence-electron chi connectivity index (χ1n) is 7.97. The zero-order valence-corrected chi connectivity index (χ0v) is 14.7. The third-order valence-electron chi connectivity index (χ3n) is 3.75. The minimum atomic E-state index is 0.461. The summed E-state index contributed by atoms with van der Waals surface area (Å²) in [4.78, 5) is 0. The third-order valence-corrected chi connectivity index (χ3v) is 4.05. The molecule has 0 radical (unpaired) electrons. The Morgan fingerprint density at radius 3 is 2.60 bits per heavy atom. The van der Waals surface area contributed by atoms with Crippen LogP contribution in [0.15, 0.2) is 71.8 Å². The monoisotopic (exact) mass is 349 g/mol. The summed E-state index contributed by atoms with van der Waals surface area (Å²) in [5.41, 5.74) is 4.82. The van der Waals surface area contributed by atoms with E-state index in [1.165, 1.54) is 0 Å². The Morgan fingerprint density at radius 1 is 1.04 bits per heavy atom. The molecule has 4 nitrogen and oxygen atoms in total. The van der Waals surface area contributed by atoms with Gasteiger partial charge in [0.05, 0.1) is 6.21 Å². The molecule has 0 amide bonds. The Balaban J connectivity index is 1.90. The second kappa shape index (κ2) is 8.26. The van der Waals surface area contributed by atoms with Crippen molar-refractivity contribution in [2.75, 3.05) is 7.05 Å².